The number of rotatable bonds is 6. The maximum atomic E-state index is 12.5. The second kappa shape index (κ2) is 6.77. The van der Waals surface area contributed by atoms with E-state index in [-0.39, 0.29) is 13.2 Å². The van der Waals surface area contributed by atoms with Crippen LogP contribution in [0, 0.1) is 0 Å². The third-order valence-electron chi connectivity index (χ3n) is 2.76. The molecule has 0 aliphatic heterocycles. The Morgan fingerprint density at radius 3 is 2.42 bits per heavy atom. The smallest absolute Gasteiger partial charge is 0.395 e. The Morgan fingerprint density at radius 2 is 1.89 bits per heavy atom. The zero-order valence-electron chi connectivity index (χ0n) is 10.7. The topological polar surface area (TPSA) is 43.7 Å². The molecule has 108 valence electrons. The van der Waals surface area contributed by atoms with E-state index in [1.807, 2.05) is 0 Å². The molecule has 3 nitrogen and oxygen atoms in total. The first-order valence-corrected chi connectivity index (χ1v) is 6.08. The molecule has 0 spiro atoms. The van der Waals surface area contributed by atoms with Crippen LogP contribution in [-0.2, 0) is 0 Å². The van der Waals surface area contributed by atoms with Gasteiger partial charge in [-0.05, 0) is 12.5 Å². The number of alkyl halides is 3. The van der Waals surface area contributed by atoms with Crippen LogP contribution in [0.3, 0.4) is 0 Å². The van der Waals surface area contributed by atoms with Crippen molar-refractivity contribution in [2.75, 3.05) is 24.6 Å². The van der Waals surface area contributed by atoms with Crippen LogP contribution in [0.15, 0.2) is 24.3 Å². The molecule has 1 rings (SSSR count). The summed E-state index contributed by atoms with van der Waals surface area (Å²) in [7, 11) is 0. The molecular weight excluding hydrogens is 259 g/mol. The highest BCUT2D eigenvalue weighted by Gasteiger charge is 2.31. The molecule has 0 saturated heterocycles. The summed E-state index contributed by atoms with van der Waals surface area (Å²) in [5.74, 6) is 0. The average Bonchev–Trinajstić information content (AvgIpc) is 2.36. The molecule has 0 radical (unpaired) electrons. The van der Waals surface area contributed by atoms with Gasteiger partial charge in [0.25, 0.3) is 0 Å². The van der Waals surface area contributed by atoms with Crippen LogP contribution < -0.4 is 4.90 Å². The van der Waals surface area contributed by atoms with Gasteiger partial charge in [0.1, 0.15) is 6.54 Å². The van der Waals surface area contributed by atoms with Gasteiger partial charge in [-0.1, -0.05) is 25.1 Å². The Kier molecular flexibility index (Phi) is 5.62. The van der Waals surface area contributed by atoms with E-state index in [2.05, 4.69) is 0 Å². The minimum atomic E-state index is -4.36. The number of hydrogen-bond donors (Lipinski definition) is 2. The Hall–Kier alpha value is -1.27. The predicted octanol–water partition coefficient (Wildman–Crippen LogP) is 2.49. The Balaban J connectivity index is 3.08. The molecule has 6 heteroatoms. The second-order valence-electron chi connectivity index (χ2n) is 4.24. The third-order valence-corrected chi connectivity index (χ3v) is 2.76. The zero-order valence-corrected chi connectivity index (χ0v) is 10.7. The Labute approximate surface area is 110 Å². The Morgan fingerprint density at radius 1 is 1.26 bits per heavy atom. The first-order chi connectivity index (χ1) is 8.89. The Bertz CT molecular complexity index is 396. The quantitative estimate of drug-likeness (QED) is 0.839. The van der Waals surface area contributed by atoms with Crippen LogP contribution >= 0.6 is 0 Å². The van der Waals surface area contributed by atoms with Crippen molar-refractivity contribution >= 4 is 5.69 Å². The minimum Gasteiger partial charge on any atom is -0.395 e. The summed E-state index contributed by atoms with van der Waals surface area (Å²) in [5.41, 5.74) is 0.755. The molecule has 0 saturated carbocycles. The van der Waals surface area contributed by atoms with Crippen molar-refractivity contribution < 1.29 is 23.4 Å². The summed E-state index contributed by atoms with van der Waals surface area (Å²) < 4.78 is 37.6. The van der Waals surface area contributed by atoms with Crippen molar-refractivity contribution in [1.29, 1.82) is 0 Å². The van der Waals surface area contributed by atoms with Crippen LogP contribution in [0.25, 0.3) is 0 Å². The molecule has 0 amide bonds. The van der Waals surface area contributed by atoms with Crippen LogP contribution in [0.4, 0.5) is 18.9 Å². The molecule has 2 N–H and O–H groups in total. The molecule has 19 heavy (non-hydrogen) atoms. The highest BCUT2D eigenvalue weighted by atomic mass is 19.4. The summed E-state index contributed by atoms with van der Waals surface area (Å²) in [4.78, 5) is 1.04. The van der Waals surface area contributed by atoms with Gasteiger partial charge in [0.05, 0.1) is 12.7 Å². The molecule has 0 bridgehead atoms. The van der Waals surface area contributed by atoms with Crippen molar-refractivity contribution in [3.63, 3.8) is 0 Å². The van der Waals surface area contributed by atoms with Gasteiger partial charge in [0.2, 0.25) is 0 Å². The molecule has 1 aromatic rings. The molecule has 0 aliphatic carbocycles. The summed E-state index contributed by atoms with van der Waals surface area (Å²) in [6.07, 6.45) is -4.76. The van der Waals surface area contributed by atoms with Gasteiger partial charge in [0, 0.05) is 17.8 Å². The SMILES string of the molecule is CC[C@@H](O)c1ccccc1N(CCO)CC(F)(F)F. The van der Waals surface area contributed by atoms with E-state index >= 15 is 0 Å². The van der Waals surface area contributed by atoms with Gasteiger partial charge in [-0.15, -0.1) is 0 Å². The summed E-state index contributed by atoms with van der Waals surface area (Å²) in [6, 6.07) is 6.41. The molecule has 0 aliphatic rings. The van der Waals surface area contributed by atoms with Crippen LogP contribution in [0.2, 0.25) is 0 Å². The van der Waals surface area contributed by atoms with E-state index < -0.39 is 18.8 Å². The van der Waals surface area contributed by atoms with E-state index in [4.69, 9.17) is 5.11 Å². The van der Waals surface area contributed by atoms with Crippen molar-refractivity contribution in [1.82, 2.24) is 0 Å². The van der Waals surface area contributed by atoms with E-state index in [1.54, 1.807) is 25.1 Å². The predicted molar refractivity (Wildman–Crippen MR) is 67.0 cm³/mol. The summed E-state index contributed by atoms with van der Waals surface area (Å²) in [5, 5.41) is 18.8. The van der Waals surface area contributed by atoms with Gasteiger partial charge >= 0.3 is 6.18 Å². The van der Waals surface area contributed by atoms with Gasteiger partial charge in [-0.2, -0.15) is 13.2 Å². The molecule has 0 heterocycles. The molecule has 1 aromatic carbocycles. The zero-order chi connectivity index (χ0) is 14.5. The number of anilines is 1. The molecule has 0 aromatic heterocycles. The number of benzene rings is 1. The lowest BCUT2D eigenvalue weighted by Gasteiger charge is -2.28. The van der Waals surface area contributed by atoms with Crippen molar-refractivity contribution in [2.45, 2.75) is 25.6 Å². The number of nitrogens with zero attached hydrogens (tertiary/aromatic N) is 1. The van der Waals surface area contributed by atoms with Crippen LogP contribution in [-0.4, -0.2) is 36.1 Å². The largest absolute Gasteiger partial charge is 0.405 e. The maximum absolute atomic E-state index is 12.5. The number of aliphatic hydroxyl groups excluding tert-OH is 2. The number of hydrogen-bond acceptors (Lipinski definition) is 3. The fourth-order valence-corrected chi connectivity index (χ4v) is 1.90. The van der Waals surface area contributed by atoms with Gasteiger partial charge in [0.15, 0.2) is 0 Å². The monoisotopic (exact) mass is 277 g/mol. The van der Waals surface area contributed by atoms with E-state index in [0.717, 1.165) is 4.90 Å². The number of halogens is 3. The van der Waals surface area contributed by atoms with Gasteiger partial charge in [-0.25, -0.2) is 0 Å². The third kappa shape index (κ3) is 4.72. The highest BCUT2D eigenvalue weighted by molar-refractivity contribution is 5.54. The van der Waals surface area contributed by atoms with Crippen LogP contribution in [0.5, 0.6) is 0 Å². The average molecular weight is 277 g/mol. The number of para-hydroxylation sites is 1. The van der Waals surface area contributed by atoms with E-state index in [9.17, 15) is 18.3 Å². The molecule has 0 unspecified atom stereocenters. The van der Waals surface area contributed by atoms with E-state index in [1.165, 1.54) is 6.07 Å². The van der Waals surface area contributed by atoms with Gasteiger partial charge in [-0.3, -0.25) is 0 Å². The lowest BCUT2D eigenvalue weighted by Crippen LogP contribution is -2.37. The minimum absolute atomic E-state index is 0.132. The fraction of sp³-hybridized carbons (Fsp3) is 0.538. The van der Waals surface area contributed by atoms with Gasteiger partial charge < -0.3 is 15.1 Å². The standard InChI is InChI=1S/C13H18F3NO2/c1-2-12(19)10-5-3-4-6-11(10)17(7-8-18)9-13(14,15)16/h3-6,12,18-19H,2,7-9H2,1H3/t12-/m1/s1. The van der Waals surface area contributed by atoms with Crippen molar-refractivity contribution in [3.05, 3.63) is 29.8 Å². The van der Waals surface area contributed by atoms with Crippen molar-refractivity contribution in [3.8, 4) is 0 Å². The summed E-state index contributed by atoms with van der Waals surface area (Å²) >= 11 is 0. The number of aliphatic hydroxyl groups is 2. The molecular formula is C13H18F3NO2. The molecule has 1 atom stereocenters. The maximum Gasteiger partial charge on any atom is 0.405 e. The lowest BCUT2D eigenvalue weighted by atomic mass is 10.0. The highest BCUT2D eigenvalue weighted by Crippen LogP contribution is 2.30. The molecule has 0 fully saturated rings. The normalized spacial score (nSPS) is 13.4. The fourth-order valence-electron chi connectivity index (χ4n) is 1.90. The first-order valence-electron chi connectivity index (χ1n) is 6.08. The lowest BCUT2D eigenvalue weighted by molar-refractivity contribution is -0.119. The summed E-state index contributed by atoms with van der Waals surface area (Å²) in [6.45, 7) is 0.0855. The van der Waals surface area contributed by atoms with E-state index in [0.29, 0.717) is 17.7 Å². The van der Waals surface area contributed by atoms with Crippen molar-refractivity contribution in [2.24, 2.45) is 0 Å². The van der Waals surface area contributed by atoms with Crippen LogP contribution in [0.1, 0.15) is 25.0 Å². The first kappa shape index (κ1) is 15.8. The second-order valence-corrected chi connectivity index (χ2v) is 4.24.